The van der Waals surface area contributed by atoms with Crippen molar-refractivity contribution >= 4 is 22.9 Å². The van der Waals surface area contributed by atoms with Gasteiger partial charge in [-0.2, -0.15) is 0 Å². The molecule has 15 heavy (non-hydrogen) atoms. The summed E-state index contributed by atoms with van der Waals surface area (Å²) >= 11 is 7.22. The number of halogens is 2. The number of rotatable bonds is 2. The molecule has 6 heteroatoms. The number of hydrogen-bond donors (Lipinski definition) is 0. The van der Waals surface area contributed by atoms with E-state index in [2.05, 4.69) is 15.2 Å². The number of pyridine rings is 1. The first kappa shape index (κ1) is 10.4. The first-order valence-corrected chi connectivity index (χ1v) is 5.51. The lowest BCUT2D eigenvalue weighted by Gasteiger charge is -1.93. The smallest absolute Gasteiger partial charge is 0.166 e. The van der Waals surface area contributed by atoms with E-state index in [1.165, 1.54) is 17.4 Å². The summed E-state index contributed by atoms with van der Waals surface area (Å²) in [5.74, 6) is -0.366. The molecule has 0 aliphatic heterocycles. The molecule has 2 rings (SSSR count). The van der Waals surface area contributed by atoms with Gasteiger partial charge in [0.15, 0.2) is 5.01 Å². The molecule has 1 unspecified atom stereocenters. The third-order valence-electron chi connectivity index (χ3n) is 1.73. The van der Waals surface area contributed by atoms with Crippen LogP contribution in [0.15, 0.2) is 18.3 Å². The fourth-order valence-electron chi connectivity index (χ4n) is 1.00. The molecule has 0 saturated heterocycles. The fourth-order valence-corrected chi connectivity index (χ4v) is 1.93. The molecule has 1 atom stereocenters. The number of alkyl halides is 1. The van der Waals surface area contributed by atoms with E-state index >= 15 is 0 Å². The summed E-state index contributed by atoms with van der Waals surface area (Å²) in [4.78, 5) is 3.91. The number of nitrogens with zero attached hydrogens (tertiary/aromatic N) is 3. The molecule has 3 nitrogen and oxygen atoms in total. The van der Waals surface area contributed by atoms with Crippen molar-refractivity contribution < 1.29 is 4.39 Å². The molecule has 0 aliphatic rings. The highest BCUT2D eigenvalue weighted by molar-refractivity contribution is 7.14. The van der Waals surface area contributed by atoms with Crippen LogP contribution >= 0.6 is 22.9 Å². The minimum Gasteiger partial charge on any atom is -0.251 e. The summed E-state index contributed by atoms with van der Waals surface area (Å²) < 4.78 is 12.6. The van der Waals surface area contributed by atoms with Crippen molar-refractivity contribution in [1.82, 2.24) is 15.2 Å². The Hall–Kier alpha value is -1.07. The van der Waals surface area contributed by atoms with Gasteiger partial charge in [-0.3, -0.25) is 4.98 Å². The summed E-state index contributed by atoms with van der Waals surface area (Å²) in [6.45, 7) is 1.82. The summed E-state index contributed by atoms with van der Waals surface area (Å²) in [7, 11) is 0. The van der Waals surface area contributed by atoms with Crippen LogP contribution in [0.4, 0.5) is 4.39 Å². The summed E-state index contributed by atoms with van der Waals surface area (Å²) in [5, 5.41) is 9.07. The van der Waals surface area contributed by atoms with Crippen molar-refractivity contribution in [3.63, 3.8) is 0 Å². The molecule has 2 aromatic rings. The number of aromatic nitrogens is 3. The maximum atomic E-state index is 12.6. The molecule has 0 aliphatic carbocycles. The van der Waals surface area contributed by atoms with Crippen molar-refractivity contribution in [3.05, 3.63) is 29.2 Å². The van der Waals surface area contributed by atoms with Gasteiger partial charge in [0.05, 0.1) is 11.6 Å². The predicted molar refractivity (Wildman–Crippen MR) is 57.4 cm³/mol. The third-order valence-corrected chi connectivity index (χ3v) is 3.19. The van der Waals surface area contributed by atoms with E-state index < -0.39 is 0 Å². The van der Waals surface area contributed by atoms with E-state index in [4.69, 9.17) is 11.6 Å². The molecular weight excluding hydrogens is 237 g/mol. The lowest BCUT2D eigenvalue weighted by molar-refractivity contribution is 0.622. The van der Waals surface area contributed by atoms with Crippen LogP contribution in [0.5, 0.6) is 0 Å². The minimum atomic E-state index is -0.366. The standard InChI is InChI=1S/C9H7ClFN3S/c1-5(10)8-13-14-9(15-8)7-3-2-6(11)4-12-7/h2-5H,1H3. The zero-order valence-corrected chi connectivity index (χ0v) is 9.39. The predicted octanol–water partition coefficient (Wildman–Crippen LogP) is 3.04. The Kier molecular flexibility index (Phi) is 2.93. The van der Waals surface area contributed by atoms with Gasteiger partial charge < -0.3 is 0 Å². The van der Waals surface area contributed by atoms with Crippen LogP contribution < -0.4 is 0 Å². The van der Waals surface area contributed by atoms with Crippen molar-refractivity contribution in [2.45, 2.75) is 12.3 Å². The van der Waals surface area contributed by atoms with Crippen LogP contribution in [-0.2, 0) is 0 Å². The quantitative estimate of drug-likeness (QED) is 0.761. The average Bonchev–Trinajstić information content (AvgIpc) is 2.68. The molecule has 0 N–H and O–H groups in total. The van der Waals surface area contributed by atoms with Gasteiger partial charge >= 0.3 is 0 Å². The van der Waals surface area contributed by atoms with Gasteiger partial charge in [-0.15, -0.1) is 21.8 Å². The normalized spacial score (nSPS) is 12.7. The third kappa shape index (κ3) is 2.30. The maximum Gasteiger partial charge on any atom is 0.166 e. The molecule has 0 radical (unpaired) electrons. The van der Waals surface area contributed by atoms with Gasteiger partial charge in [-0.1, -0.05) is 11.3 Å². The minimum absolute atomic E-state index is 0.170. The Morgan fingerprint density at radius 1 is 1.40 bits per heavy atom. The molecule has 0 amide bonds. The molecule has 0 fully saturated rings. The van der Waals surface area contributed by atoms with Gasteiger partial charge in [-0.25, -0.2) is 4.39 Å². The van der Waals surface area contributed by atoms with E-state index in [0.717, 1.165) is 11.2 Å². The van der Waals surface area contributed by atoms with Crippen molar-refractivity contribution in [1.29, 1.82) is 0 Å². The summed E-state index contributed by atoms with van der Waals surface area (Å²) in [5.41, 5.74) is 0.609. The molecule has 0 spiro atoms. The van der Waals surface area contributed by atoms with Crippen LogP contribution in [0.2, 0.25) is 0 Å². The topological polar surface area (TPSA) is 38.7 Å². The molecule has 0 bridgehead atoms. The van der Waals surface area contributed by atoms with E-state index in [1.807, 2.05) is 6.92 Å². The Morgan fingerprint density at radius 2 is 2.20 bits per heavy atom. The van der Waals surface area contributed by atoms with E-state index in [1.54, 1.807) is 6.07 Å². The molecular formula is C9H7ClFN3S. The van der Waals surface area contributed by atoms with Crippen molar-refractivity contribution in [2.75, 3.05) is 0 Å². The lowest BCUT2D eigenvalue weighted by Crippen LogP contribution is -1.83. The lowest BCUT2D eigenvalue weighted by atomic mass is 10.4. The highest BCUT2D eigenvalue weighted by atomic mass is 35.5. The second-order valence-corrected chi connectivity index (χ2v) is 4.59. The van der Waals surface area contributed by atoms with Crippen molar-refractivity contribution in [3.8, 4) is 10.7 Å². The van der Waals surface area contributed by atoms with Gasteiger partial charge in [0.2, 0.25) is 0 Å². The van der Waals surface area contributed by atoms with Crippen LogP contribution in [0, 0.1) is 5.82 Å². The van der Waals surface area contributed by atoms with Gasteiger partial charge in [0.1, 0.15) is 16.5 Å². The molecule has 2 heterocycles. The van der Waals surface area contributed by atoms with E-state index in [-0.39, 0.29) is 11.2 Å². The average molecular weight is 244 g/mol. The fraction of sp³-hybridized carbons (Fsp3) is 0.222. The second-order valence-electron chi connectivity index (χ2n) is 2.92. The molecule has 78 valence electrons. The largest absolute Gasteiger partial charge is 0.251 e. The Morgan fingerprint density at radius 3 is 2.73 bits per heavy atom. The molecule has 2 aromatic heterocycles. The van der Waals surface area contributed by atoms with Gasteiger partial charge in [0, 0.05) is 0 Å². The Balaban J connectivity index is 2.33. The first-order valence-electron chi connectivity index (χ1n) is 4.26. The van der Waals surface area contributed by atoms with Crippen LogP contribution in [0.3, 0.4) is 0 Å². The first-order chi connectivity index (χ1) is 7.16. The molecule has 0 saturated carbocycles. The monoisotopic (exact) mass is 243 g/mol. The number of hydrogen-bond acceptors (Lipinski definition) is 4. The van der Waals surface area contributed by atoms with Crippen LogP contribution in [0.1, 0.15) is 17.3 Å². The van der Waals surface area contributed by atoms with Crippen LogP contribution in [0.25, 0.3) is 10.7 Å². The molecule has 0 aromatic carbocycles. The Labute approximate surface area is 95.0 Å². The van der Waals surface area contributed by atoms with Crippen LogP contribution in [-0.4, -0.2) is 15.2 Å². The SMILES string of the molecule is CC(Cl)c1nnc(-c2ccc(F)cn2)s1. The zero-order valence-electron chi connectivity index (χ0n) is 7.82. The van der Waals surface area contributed by atoms with E-state index in [9.17, 15) is 4.39 Å². The van der Waals surface area contributed by atoms with Crippen molar-refractivity contribution in [2.24, 2.45) is 0 Å². The second kappa shape index (κ2) is 4.20. The summed E-state index contributed by atoms with van der Waals surface area (Å²) in [6.07, 6.45) is 1.15. The van der Waals surface area contributed by atoms with Gasteiger partial charge in [0.25, 0.3) is 0 Å². The maximum absolute atomic E-state index is 12.6. The Bertz CT molecular complexity index is 455. The van der Waals surface area contributed by atoms with Gasteiger partial charge in [-0.05, 0) is 19.1 Å². The van der Waals surface area contributed by atoms with E-state index in [0.29, 0.717) is 10.7 Å². The highest BCUT2D eigenvalue weighted by Gasteiger charge is 2.11. The summed E-state index contributed by atoms with van der Waals surface area (Å²) in [6, 6.07) is 2.91. The zero-order chi connectivity index (χ0) is 10.8. The highest BCUT2D eigenvalue weighted by Crippen LogP contribution is 2.27.